The van der Waals surface area contributed by atoms with Crippen LogP contribution >= 0.6 is 11.6 Å². The maximum atomic E-state index is 14.6. The number of pyridine rings is 1. The summed E-state index contributed by atoms with van der Waals surface area (Å²) in [6.45, 7) is -0.318. The average Bonchev–Trinajstić information content (AvgIpc) is 2.47. The lowest BCUT2D eigenvalue weighted by atomic mass is 9.94. The molecule has 0 amide bonds. The highest BCUT2D eigenvalue weighted by Crippen LogP contribution is 2.30. The van der Waals surface area contributed by atoms with E-state index >= 15 is 0 Å². The van der Waals surface area contributed by atoms with Crippen LogP contribution in [0.1, 0.15) is 12.8 Å². The third-order valence-corrected chi connectivity index (χ3v) is 4.88. The molecule has 1 aromatic rings. The van der Waals surface area contributed by atoms with Crippen LogP contribution in [0.15, 0.2) is 17.2 Å². The Morgan fingerprint density at radius 3 is 2.54 bits per heavy atom. The summed E-state index contributed by atoms with van der Waals surface area (Å²) in [5.74, 6) is -0.115. The van der Waals surface area contributed by atoms with E-state index < -0.39 is 22.1 Å². The van der Waals surface area contributed by atoms with E-state index in [1.54, 1.807) is 0 Å². The van der Waals surface area contributed by atoms with Gasteiger partial charge in [-0.05, 0) is 18.9 Å². The molecule has 6 nitrogen and oxygen atoms in total. The summed E-state index contributed by atoms with van der Waals surface area (Å²) in [6, 6.07) is 1.06. The molecule has 0 unspecified atom stereocenters. The van der Waals surface area contributed by atoms with Crippen LogP contribution in [-0.2, 0) is 10.0 Å². The Kier molecular flexibility index (Phi) is 5.95. The predicted molar refractivity (Wildman–Crippen MR) is 81.6 cm³/mol. The first-order chi connectivity index (χ1) is 11.1. The quantitative estimate of drug-likeness (QED) is 0.804. The topological polar surface area (TPSA) is 85.5 Å². The van der Waals surface area contributed by atoms with Crippen LogP contribution in [0.25, 0.3) is 0 Å². The van der Waals surface area contributed by atoms with Crippen LogP contribution in [0.4, 0.5) is 13.2 Å². The van der Waals surface area contributed by atoms with Crippen LogP contribution in [0, 0.1) is 0 Å². The molecule has 1 fully saturated rings. The maximum absolute atomic E-state index is 14.6. The highest BCUT2D eigenvalue weighted by Gasteiger charge is 2.36. The molecule has 2 heterocycles. The molecule has 1 aliphatic heterocycles. The third kappa shape index (κ3) is 5.20. The van der Waals surface area contributed by atoms with Gasteiger partial charge in [-0.25, -0.2) is 31.7 Å². The smallest absolute Gasteiger partial charge is 0.251 e. The van der Waals surface area contributed by atoms with E-state index in [0.717, 1.165) is 12.3 Å². The molecule has 0 bridgehead atoms. The summed E-state index contributed by atoms with van der Waals surface area (Å²) in [5.41, 5.74) is -1.68. The van der Waals surface area contributed by atoms with Crippen molar-refractivity contribution in [3.63, 3.8) is 0 Å². The summed E-state index contributed by atoms with van der Waals surface area (Å²) >= 11 is 5.86. The first-order valence-electron chi connectivity index (χ1n) is 7.10. The van der Waals surface area contributed by atoms with E-state index in [-0.39, 0.29) is 54.9 Å². The van der Waals surface area contributed by atoms with Crippen molar-refractivity contribution in [3.8, 4) is 5.88 Å². The average molecular weight is 388 g/mol. The van der Waals surface area contributed by atoms with Gasteiger partial charge in [0.1, 0.15) is 22.2 Å². The van der Waals surface area contributed by atoms with Gasteiger partial charge >= 0.3 is 0 Å². The number of piperidine rings is 1. The van der Waals surface area contributed by atoms with Gasteiger partial charge in [0.05, 0.1) is 12.7 Å². The zero-order valence-electron chi connectivity index (χ0n) is 12.6. The number of likely N-dealkylation sites (tertiary alicyclic amines) is 1. The number of hydrogen-bond acceptors (Lipinski definition) is 5. The lowest BCUT2D eigenvalue weighted by Crippen LogP contribution is -2.46. The van der Waals surface area contributed by atoms with E-state index in [1.807, 2.05) is 0 Å². The van der Waals surface area contributed by atoms with Crippen LogP contribution in [0.3, 0.4) is 0 Å². The zero-order chi connectivity index (χ0) is 18.0. The fourth-order valence-corrected chi connectivity index (χ4v) is 3.11. The van der Waals surface area contributed by atoms with Crippen molar-refractivity contribution in [3.05, 3.63) is 17.3 Å². The number of sulfonamides is 1. The highest BCUT2D eigenvalue weighted by molar-refractivity contribution is 7.89. The van der Waals surface area contributed by atoms with Gasteiger partial charge in [0.25, 0.3) is 6.43 Å². The van der Waals surface area contributed by atoms with Crippen LogP contribution < -0.4 is 9.88 Å². The number of nitrogens with zero attached hydrogens (tertiary/aromatic N) is 2. The SMILES string of the molecule is NS(=O)(=O)c1cnc(OCC2(F)CCN(CC(F)F)CC2)c(Cl)c1. The van der Waals surface area contributed by atoms with E-state index in [9.17, 15) is 21.6 Å². The van der Waals surface area contributed by atoms with Crippen LogP contribution in [-0.4, -0.2) is 56.6 Å². The molecule has 24 heavy (non-hydrogen) atoms. The Morgan fingerprint density at radius 1 is 1.42 bits per heavy atom. The van der Waals surface area contributed by atoms with Crippen molar-refractivity contribution in [1.29, 1.82) is 0 Å². The maximum Gasteiger partial charge on any atom is 0.251 e. The summed E-state index contributed by atoms with van der Waals surface area (Å²) in [4.78, 5) is 4.94. The Balaban J connectivity index is 1.94. The molecule has 0 aliphatic carbocycles. The second kappa shape index (κ2) is 7.42. The number of primary sulfonamides is 1. The molecule has 2 N–H and O–H groups in total. The molecule has 0 aromatic carbocycles. The highest BCUT2D eigenvalue weighted by atomic mass is 35.5. The molecule has 1 aromatic heterocycles. The van der Waals surface area contributed by atoms with Gasteiger partial charge < -0.3 is 4.74 Å². The van der Waals surface area contributed by atoms with E-state index in [2.05, 4.69) is 4.98 Å². The summed E-state index contributed by atoms with van der Waals surface area (Å²) < 4.78 is 66.9. The second-order valence-electron chi connectivity index (χ2n) is 5.63. The first kappa shape index (κ1) is 19.2. The zero-order valence-corrected chi connectivity index (χ0v) is 14.2. The molecule has 0 radical (unpaired) electrons. The Labute approximate surface area is 142 Å². The van der Waals surface area contributed by atoms with Gasteiger partial charge in [-0.3, -0.25) is 4.90 Å². The van der Waals surface area contributed by atoms with Crippen molar-refractivity contribution < 1.29 is 26.3 Å². The Morgan fingerprint density at radius 2 is 2.04 bits per heavy atom. The van der Waals surface area contributed by atoms with E-state index in [4.69, 9.17) is 21.5 Å². The largest absolute Gasteiger partial charge is 0.473 e. The van der Waals surface area contributed by atoms with Gasteiger partial charge in [-0.2, -0.15) is 0 Å². The number of rotatable bonds is 6. The third-order valence-electron chi connectivity index (χ3n) is 3.73. The normalized spacial score (nSPS) is 18.8. The van der Waals surface area contributed by atoms with Crippen molar-refractivity contribution in [2.45, 2.75) is 29.8 Å². The lowest BCUT2D eigenvalue weighted by molar-refractivity contribution is -0.00224. The molecule has 2 rings (SSSR count). The van der Waals surface area contributed by atoms with Gasteiger partial charge in [0.15, 0.2) is 0 Å². The summed E-state index contributed by atoms with van der Waals surface area (Å²) in [5, 5.41) is 4.84. The Hall–Kier alpha value is -1.10. The van der Waals surface area contributed by atoms with Crippen LogP contribution in [0.2, 0.25) is 5.02 Å². The monoisotopic (exact) mass is 387 g/mol. The molecule has 11 heteroatoms. The lowest BCUT2D eigenvalue weighted by Gasteiger charge is -2.35. The molecular formula is C13H17ClF3N3O3S. The molecule has 1 aliphatic rings. The predicted octanol–water partition coefficient (Wildman–Crippen LogP) is 1.83. The number of hydrogen-bond donors (Lipinski definition) is 1. The summed E-state index contributed by atoms with van der Waals surface area (Å²) in [7, 11) is -3.95. The molecule has 0 saturated carbocycles. The molecule has 0 spiro atoms. The van der Waals surface area contributed by atoms with Crippen molar-refractivity contribution in [2.75, 3.05) is 26.2 Å². The number of ether oxygens (including phenoxy) is 1. The number of halogens is 4. The molecular weight excluding hydrogens is 371 g/mol. The van der Waals surface area contributed by atoms with Crippen molar-refractivity contribution in [2.24, 2.45) is 5.14 Å². The minimum Gasteiger partial charge on any atom is -0.473 e. The van der Waals surface area contributed by atoms with Crippen molar-refractivity contribution in [1.82, 2.24) is 9.88 Å². The van der Waals surface area contributed by atoms with E-state index in [0.29, 0.717) is 0 Å². The van der Waals surface area contributed by atoms with E-state index in [1.165, 1.54) is 4.90 Å². The van der Waals surface area contributed by atoms with Gasteiger partial charge in [-0.1, -0.05) is 11.6 Å². The molecule has 136 valence electrons. The molecule has 0 atom stereocenters. The van der Waals surface area contributed by atoms with Gasteiger partial charge in [-0.15, -0.1) is 0 Å². The minimum atomic E-state index is -3.95. The van der Waals surface area contributed by atoms with Crippen molar-refractivity contribution >= 4 is 21.6 Å². The second-order valence-corrected chi connectivity index (χ2v) is 7.60. The summed E-state index contributed by atoms with van der Waals surface area (Å²) in [6.07, 6.45) is -1.39. The fraction of sp³-hybridized carbons (Fsp3) is 0.615. The van der Waals surface area contributed by atoms with Gasteiger partial charge in [0, 0.05) is 13.1 Å². The minimum absolute atomic E-state index is 0.0482. The fourth-order valence-electron chi connectivity index (χ4n) is 2.34. The van der Waals surface area contributed by atoms with Gasteiger partial charge in [0.2, 0.25) is 15.9 Å². The first-order valence-corrected chi connectivity index (χ1v) is 9.02. The van der Waals surface area contributed by atoms with Crippen LogP contribution in [0.5, 0.6) is 5.88 Å². The number of alkyl halides is 3. The number of aromatic nitrogens is 1. The Bertz CT molecular complexity index is 682. The molecule has 1 saturated heterocycles. The standard InChI is InChI=1S/C13H17ClF3N3O3S/c14-10-5-9(24(18,21)22)6-19-12(10)23-8-13(17)1-3-20(4-2-13)7-11(15)16/h5-6,11H,1-4,7-8H2,(H2,18,21,22). The number of nitrogens with two attached hydrogens (primary N) is 1.